The Morgan fingerprint density at radius 2 is 2.05 bits per heavy atom. The van der Waals surface area contributed by atoms with Gasteiger partial charge in [0.15, 0.2) is 0 Å². The Kier molecular flexibility index (Phi) is 4.38. The van der Waals surface area contributed by atoms with E-state index < -0.39 is 14.9 Å². The average Bonchev–Trinajstić information content (AvgIpc) is 2.74. The molecule has 7 nitrogen and oxygen atoms in total. The highest BCUT2D eigenvalue weighted by Crippen LogP contribution is 2.32. The van der Waals surface area contributed by atoms with Gasteiger partial charge in [-0.15, -0.1) is 0 Å². The zero-order valence-corrected chi connectivity index (χ0v) is 13.5. The predicted octanol–water partition coefficient (Wildman–Crippen LogP) is 3.47. The molecule has 21 heavy (non-hydrogen) atoms. The summed E-state index contributed by atoms with van der Waals surface area (Å²) in [5.74, 6) is 0. The number of anilines is 1. The lowest BCUT2D eigenvalue weighted by Gasteiger charge is -2.10. The van der Waals surface area contributed by atoms with Crippen LogP contribution in [0, 0.1) is 17.0 Å². The summed E-state index contributed by atoms with van der Waals surface area (Å²) in [6.45, 7) is 1.54. The van der Waals surface area contributed by atoms with Crippen LogP contribution < -0.4 is 4.72 Å². The Labute approximate surface area is 133 Å². The van der Waals surface area contributed by atoms with Crippen LogP contribution in [0.15, 0.2) is 23.2 Å². The van der Waals surface area contributed by atoms with Crippen LogP contribution in [0.5, 0.6) is 0 Å². The van der Waals surface area contributed by atoms with Crippen molar-refractivity contribution in [2.45, 2.75) is 11.8 Å². The Morgan fingerprint density at radius 1 is 1.38 bits per heavy atom. The molecule has 0 radical (unpaired) electrons. The van der Waals surface area contributed by atoms with Crippen molar-refractivity contribution in [3.05, 3.63) is 44.1 Å². The van der Waals surface area contributed by atoms with Crippen LogP contribution in [0.2, 0.25) is 10.0 Å². The summed E-state index contributed by atoms with van der Waals surface area (Å²) in [4.78, 5) is 13.4. The van der Waals surface area contributed by atoms with Gasteiger partial charge in [0.05, 0.1) is 9.95 Å². The van der Waals surface area contributed by atoms with Gasteiger partial charge in [0.1, 0.15) is 11.1 Å². The highest BCUT2D eigenvalue weighted by atomic mass is 35.5. The van der Waals surface area contributed by atoms with E-state index in [9.17, 15) is 18.5 Å². The number of nitrogens with zero attached hydrogens (tertiary/aromatic N) is 2. The normalized spacial score (nSPS) is 11.4. The number of nitrogens with one attached hydrogen (secondary N) is 1. The van der Waals surface area contributed by atoms with Gasteiger partial charge in [-0.25, -0.2) is 13.4 Å². The van der Waals surface area contributed by atoms with Gasteiger partial charge in [0.25, 0.3) is 10.0 Å². The van der Waals surface area contributed by atoms with Gasteiger partial charge < -0.3 is 0 Å². The minimum Gasteiger partial charge on any atom is -0.257 e. The van der Waals surface area contributed by atoms with Crippen LogP contribution in [-0.2, 0) is 10.0 Å². The first-order chi connectivity index (χ1) is 9.70. The van der Waals surface area contributed by atoms with Crippen LogP contribution >= 0.6 is 34.5 Å². The SMILES string of the molecule is Cc1cc(Cl)cc(Cl)c1S(=O)(=O)Nc1ncc([N+](=O)[O-])s1. The average molecular weight is 368 g/mol. The molecule has 2 rings (SSSR count). The Morgan fingerprint density at radius 3 is 2.57 bits per heavy atom. The summed E-state index contributed by atoms with van der Waals surface area (Å²) < 4.78 is 26.7. The molecule has 1 N–H and O–H groups in total. The zero-order valence-electron chi connectivity index (χ0n) is 10.3. The zero-order chi connectivity index (χ0) is 15.8. The van der Waals surface area contributed by atoms with Gasteiger partial charge in [0.2, 0.25) is 5.13 Å². The number of nitro groups is 1. The molecule has 0 atom stereocenters. The van der Waals surface area contributed by atoms with Gasteiger partial charge in [0, 0.05) is 5.02 Å². The van der Waals surface area contributed by atoms with Crippen molar-refractivity contribution in [2.75, 3.05) is 4.72 Å². The fourth-order valence-electron chi connectivity index (χ4n) is 1.59. The topological polar surface area (TPSA) is 102 Å². The van der Waals surface area contributed by atoms with Gasteiger partial charge in [-0.1, -0.05) is 23.2 Å². The van der Waals surface area contributed by atoms with E-state index in [1.54, 1.807) is 0 Å². The van der Waals surface area contributed by atoms with Crippen molar-refractivity contribution < 1.29 is 13.3 Å². The standard InChI is InChI=1S/C10H7Cl2N3O4S2/c1-5-2-6(11)3-7(12)9(5)21(18,19)14-10-13-4-8(20-10)15(16)17/h2-4H,1H3,(H,13,14). The minimum absolute atomic E-state index is 0.0430. The highest BCUT2D eigenvalue weighted by Gasteiger charge is 2.23. The molecule has 112 valence electrons. The second-order valence-electron chi connectivity index (χ2n) is 3.90. The smallest absolute Gasteiger partial charge is 0.257 e. The Balaban J connectivity index is 2.41. The predicted molar refractivity (Wildman–Crippen MR) is 80.8 cm³/mol. The number of benzene rings is 1. The second-order valence-corrected chi connectivity index (χ2v) is 7.37. The Bertz CT molecular complexity index is 796. The molecule has 0 aliphatic heterocycles. The van der Waals surface area contributed by atoms with Crippen molar-refractivity contribution in [3.63, 3.8) is 0 Å². The summed E-state index contributed by atoms with van der Waals surface area (Å²) >= 11 is 12.3. The van der Waals surface area contributed by atoms with E-state index in [1.807, 2.05) is 0 Å². The number of hydrogen-bond acceptors (Lipinski definition) is 6. The van der Waals surface area contributed by atoms with E-state index in [0.29, 0.717) is 21.9 Å². The molecule has 0 bridgehead atoms. The van der Waals surface area contributed by atoms with Crippen molar-refractivity contribution >= 4 is 54.7 Å². The van der Waals surface area contributed by atoms with Crippen LogP contribution in [0.4, 0.5) is 10.1 Å². The summed E-state index contributed by atoms with van der Waals surface area (Å²) in [6.07, 6.45) is 0.971. The number of halogens is 2. The largest absolute Gasteiger partial charge is 0.345 e. The molecule has 0 saturated heterocycles. The number of aromatic nitrogens is 1. The first kappa shape index (κ1) is 16.0. The Hall–Kier alpha value is -1.42. The van der Waals surface area contributed by atoms with Crippen molar-refractivity contribution in [2.24, 2.45) is 0 Å². The highest BCUT2D eigenvalue weighted by molar-refractivity contribution is 7.93. The number of rotatable bonds is 4. The van der Waals surface area contributed by atoms with Crippen LogP contribution in [0.3, 0.4) is 0 Å². The maximum Gasteiger partial charge on any atom is 0.345 e. The summed E-state index contributed by atoms with van der Waals surface area (Å²) in [5.41, 5.74) is 0.353. The van der Waals surface area contributed by atoms with Crippen LogP contribution in [0.1, 0.15) is 5.56 Å². The molecule has 0 amide bonds. The number of hydrogen-bond donors (Lipinski definition) is 1. The monoisotopic (exact) mass is 367 g/mol. The molecule has 1 aromatic carbocycles. The summed E-state index contributed by atoms with van der Waals surface area (Å²) in [5, 5.41) is 10.4. The van der Waals surface area contributed by atoms with E-state index in [1.165, 1.54) is 19.1 Å². The molecule has 0 aliphatic carbocycles. The van der Waals surface area contributed by atoms with Crippen LogP contribution in [0.25, 0.3) is 0 Å². The second kappa shape index (κ2) is 5.76. The first-order valence-corrected chi connectivity index (χ1v) is 8.35. The number of thiazole rings is 1. The third-order valence-electron chi connectivity index (χ3n) is 2.36. The molecule has 0 aliphatic rings. The maximum atomic E-state index is 12.3. The molecule has 1 heterocycles. The summed E-state index contributed by atoms with van der Waals surface area (Å²) in [7, 11) is -4.02. The molecule has 2 aromatic rings. The number of sulfonamides is 1. The molecule has 0 saturated carbocycles. The quantitative estimate of drug-likeness (QED) is 0.658. The third kappa shape index (κ3) is 3.43. The molecule has 0 fully saturated rings. The van der Waals surface area contributed by atoms with Gasteiger partial charge in [-0.3, -0.25) is 14.8 Å². The fraction of sp³-hybridized carbons (Fsp3) is 0.100. The third-order valence-corrected chi connectivity index (χ3v) is 5.52. The van der Waals surface area contributed by atoms with Crippen molar-refractivity contribution in [1.29, 1.82) is 0 Å². The fourth-order valence-corrected chi connectivity index (χ4v) is 4.65. The minimum atomic E-state index is -4.02. The van der Waals surface area contributed by atoms with Gasteiger partial charge in [-0.05, 0) is 36.0 Å². The maximum absolute atomic E-state index is 12.3. The van der Waals surface area contributed by atoms with E-state index in [4.69, 9.17) is 23.2 Å². The lowest BCUT2D eigenvalue weighted by molar-refractivity contribution is -0.380. The van der Waals surface area contributed by atoms with Gasteiger partial charge >= 0.3 is 5.00 Å². The van der Waals surface area contributed by atoms with Crippen molar-refractivity contribution in [1.82, 2.24) is 4.98 Å². The van der Waals surface area contributed by atoms with E-state index >= 15 is 0 Å². The molecule has 1 aromatic heterocycles. The first-order valence-electron chi connectivity index (χ1n) is 5.29. The lowest BCUT2D eigenvalue weighted by atomic mass is 10.2. The van der Waals surface area contributed by atoms with Gasteiger partial charge in [-0.2, -0.15) is 0 Å². The van der Waals surface area contributed by atoms with E-state index in [0.717, 1.165) is 6.20 Å². The molecule has 11 heteroatoms. The van der Waals surface area contributed by atoms with E-state index in [2.05, 4.69) is 9.71 Å². The molecular formula is C10H7Cl2N3O4S2. The molecule has 0 spiro atoms. The van der Waals surface area contributed by atoms with E-state index in [-0.39, 0.29) is 20.1 Å². The molecular weight excluding hydrogens is 361 g/mol. The number of aryl methyl sites for hydroxylation is 1. The van der Waals surface area contributed by atoms with Crippen LogP contribution in [-0.4, -0.2) is 18.3 Å². The molecule has 0 unspecified atom stereocenters. The van der Waals surface area contributed by atoms with Crippen molar-refractivity contribution in [3.8, 4) is 0 Å². The lowest BCUT2D eigenvalue weighted by Crippen LogP contribution is -2.14. The summed E-state index contributed by atoms with van der Waals surface area (Å²) in [6, 6.07) is 2.75.